The van der Waals surface area contributed by atoms with Crippen molar-refractivity contribution >= 4 is 28.9 Å². The van der Waals surface area contributed by atoms with Gasteiger partial charge in [0.25, 0.3) is 5.91 Å². The molecule has 0 radical (unpaired) electrons. The third kappa shape index (κ3) is 7.27. The van der Waals surface area contributed by atoms with Crippen molar-refractivity contribution in [1.82, 2.24) is 5.32 Å². The van der Waals surface area contributed by atoms with Gasteiger partial charge >= 0.3 is 0 Å². The molecule has 144 valence electrons. The van der Waals surface area contributed by atoms with E-state index in [1.165, 1.54) is 0 Å². The number of carbonyl (C=O) groups excluding carboxylic acids is 1. The normalized spacial score (nSPS) is 10.4. The monoisotopic (exact) mass is 386 g/mol. The molecule has 6 heteroatoms. The van der Waals surface area contributed by atoms with Gasteiger partial charge in [0.2, 0.25) is 0 Å². The van der Waals surface area contributed by atoms with E-state index in [1.807, 2.05) is 38.1 Å². The van der Waals surface area contributed by atoms with E-state index in [2.05, 4.69) is 17.6 Å². The smallest absolute Gasteiger partial charge is 0.257 e. The van der Waals surface area contributed by atoms with Crippen LogP contribution in [0.15, 0.2) is 48.5 Å². The summed E-state index contributed by atoms with van der Waals surface area (Å²) in [5.74, 6) is 1.26. The number of unbranched alkanes of at least 4 members (excludes halogenated alkanes) is 1. The van der Waals surface area contributed by atoms with Gasteiger partial charge in [-0.15, -0.1) is 0 Å². The first-order chi connectivity index (χ1) is 13.0. The van der Waals surface area contributed by atoms with Crippen LogP contribution >= 0.6 is 12.2 Å². The second kappa shape index (κ2) is 10.5. The standard InChI is InChI=1S/C21H26N2O3S/c1-4-5-14-25-18-12-8-17(9-13-18)22-21(27)23-20(24)16-6-10-19(11-7-16)26-15(2)3/h6-13,15H,4-5,14H2,1-3H3,(H2,22,23,24,27). The number of hydrogen-bond acceptors (Lipinski definition) is 4. The summed E-state index contributed by atoms with van der Waals surface area (Å²) in [4.78, 5) is 12.3. The lowest BCUT2D eigenvalue weighted by Gasteiger charge is -2.12. The van der Waals surface area contributed by atoms with E-state index in [0.29, 0.717) is 12.2 Å². The quantitative estimate of drug-likeness (QED) is 0.505. The van der Waals surface area contributed by atoms with Gasteiger partial charge in [0.05, 0.1) is 12.7 Å². The van der Waals surface area contributed by atoms with Crippen molar-refractivity contribution in [2.24, 2.45) is 0 Å². The highest BCUT2D eigenvalue weighted by atomic mass is 32.1. The molecule has 0 unspecified atom stereocenters. The molecule has 2 aromatic rings. The van der Waals surface area contributed by atoms with Crippen LogP contribution in [0.4, 0.5) is 5.69 Å². The Labute approximate surface area is 166 Å². The van der Waals surface area contributed by atoms with Gasteiger partial charge in [-0.1, -0.05) is 13.3 Å². The first-order valence-corrected chi connectivity index (χ1v) is 9.50. The van der Waals surface area contributed by atoms with E-state index in [-0.39, 0.29) is 17.1 Å². The highest BCUT2D eigenvalue weighted by Gasteiger charge is 2.09. The van der Waals surface area contributed by atoms with Gasteiger partial charge in [-0.25, -0.2) is 0 Å². The SMILES string of the molecule is CCCCOc1ccc(NC(=S)NC(=O)c2ccc(OC(C)C)cc2)cc1. The highest BCUT2D eigenvalue weighted by molar-refractivity contribution is 7.80. The molecule has 0 atom stereocenters. The van der Waals surface area contributed by atoms with Gasteiger partial charge in [0, 0.05) is 11.3 Å². The maximum absolute atomic E-state index is 12.3. The van der Waals surface area contributed by atoms with Gasteiger partial charge in [-0.05, 0) is 81.0 Å². The van der Waals surface area contributed by atoms with Crippen molar-refractivity contribution in [1.29, 1.82) is 0 Å². The van der Waals surface area contributed by atoms with Crippen LogP contribution < -0.4 is 20.1 Å². The lowest BCUT2D eigenvalue weighted by molar-refractivity contribution is 0.0977. The van der Waals surface area contributed by atoms with E-state index in [0.717, 1.165) is 30.0 Å². The summed E-state index contributed by atoms with van der Waals surface area (Å²) in [5.41, 5.74) is 1.29. The molecule has 5 nitrogen and oxygen atoms in total. The number of amides is 1. The van der Waals surface area contributed by atoms with Crippen LogP contribution in [0, 0.1) is 0 Å². The molecule has 1 amide bonds. The number of hydrogen-bond donors (Lipinski definition) is 2. The Morgan fingerprint density at radius 1 is 1.04 bits per heavy atom. The minimum atomic E-state index is -0.275. The molecule has 2 aromatic carbocycles. The lowest BCUT2D eigenvalue weighted by Crippen LogP contribution is -2.34. The number of nitrogens with one attached hydrogen (secondary N) is 2. The fourth-order valence-electron chi connectivity index (χ4n) is 2.26. The zero-order valence-corrected chi connectivity index (χ0v) is 16.8. The predicted octanol–water partition coefficient (Wildman–Crippen LogP) is 4.78. The number of rotatable bonds is 8. The highest BCUT2D eigenvalue weighted by Crippen LogP contribution is 2.16. The minimum Gasteiger partial charge on any atom is -0.494 e. The van der Waals surface area contributed by atoms with Gasteiger partial charge in [-0.2, -0.15) is 0 Å². The largest absolute Gasteiger partial charge is 0.494 e. The van der Waals surface area contributed by atoms with E-state index in [9.17, 15) is 4.79 Å². The summed E-state index contributed by atoms with van der Waals surface area (Å²) in [6.45, 7) is 6.74. The van der Waals surface area contributed by atoms with Gasteiger partial charge in [0.15, 0.2) is 5.11 Å². The molecule has 0 fully saturated rings. The second-order valence-corrected chi connectivity index (χ2v) is 6.73. The van der Waals surface area contributed by atoms with E-state index < -0.39 is 0 Å². The average molecular weight is 387 g/mol. The summed E-state index contributed by atoms with van der Waals surface area (Å²) in [6, 6.07) is 14.4. The second-order valence-electron chi connectivity index (χ2n) is 6.33. The molecule has 0 saturated heterocycles. The van der Waals surface area contributed by atoms with Crippen molar-refractivity contribution < 1.29 is 14.3 Å². The molecule has 0 heterocycles. The maximum Gasteiger partial charge on any atom is 0.257 e. The topological polar surface area (TPSA) is 59.6 Å². The van der Waals surface area contributed by atoms with Crippen LogP contribution in [0.25, 0.3) is 0 Å². The van der Waals surface area contributed by atoms with E-state index in [1.54, 1.807) is 24.3 Å². The Kier molecular flexibility index (Phi) is 8.07. The number of thiocarbonyl (C=S) groups is 1. The molecule has 0 aliphatic heterocycles. The summed E-state index contributed by atoms with van der Waals surface area (Å²) >= 11 is 5.21. The van der Waals surface area contributed by atoms with Gasteiger partial charge in [0.1, 0.15) is 11.5 Å². The molecule has 0 saturated carbocycles. The molecule has 2 rings (SSSR count). The molecule has 0 aromatic heterocycles. The molecule has 0 aliphatic rings. The number of anilines is 1. The number of carbonyl (C=O) groups is 1. The third-order valence-corrected chi connectivity index (χ3v) is 3.80. The Morgan fingerprint density at radius 3 is 2.26 bits per heavy atom. The molecule has 27 heavy (non-hydrogen) atoms. The predicted molar refractivity (Wildman–Crippen MR) is 113 cm³/mol. The van der Waals surface area contributed by atoms with Crippen molar-refractivity contribution in [2.75, 3.05) is 11.9 Å². The van der Waals surface area contributed by atoms with E-state index in [4.69, 9.17) is 21.7 Å². The third-order valence-electron chi connectivity index (χ3n) is 3.59. The summed E-state index contributed by atoms with van der Waals surface area (Å²) in [5, 5.41) is 5.90. The summed E-state index contributed by atoms with van der Waals surface area (Å²) in [7, 11) is 0. The average Bonchev–Trinajstić information content (AvgIpc) is 2.63. The fraction of sp³-hybridized carbons (Fsp3) is 0.333. The molecule has 0 bridgehead atoms. The van der Waals surface area contributed by atoms with Crippen molar-refractivity contribution in [3.63, 3.8) is 0 Å². The van der Waals surface area contributed by atoms with Crippen LogP contribution in [0.1, 0.15) is 44.0 Å². The van der Waals surface area contributed by atoms with Crippen LogP contribution in [0.2, 0.25) is 0 Å². The van der Waals surface area contributed by atoms with Gasteiger partial charge in [-0.3, -0.25) is 10.1 Å². The first kappa shape index (κ1) is 20.7. The summed E-state index contributed by atoms with van der Waals surface area (Å²) < 4.78 is 11.2. The molecular formula is C21H26N2O3S. The number of benzene rings is 2. The zero-order valence-electron chi connectivity index (χ0n) is 16.0. The van der Waals surface area contributed by atoms with Gasteiger partial charge < -0.3 is 14.8 Å². The Bertz CT molecular complexity index is 743. The molecule has 0 aliphatic carbocycles. The van der Waals surface area contributed by atoms with Crippen LogP contribution in [-0.2, 0) is 0 Å². The molecule has 0 spiro atoms. The van der Waals surface area contributed by atoms with Crippen molar-refractivity contribution in [3.05, 3.63) is 54.1 Å². The van der Waals surface area contributed by atoms with Crippen LogP contribution in [-0.4, -0.2) is 23.7 Å². The fourth-order valence-corrected chi connectivity index (χ4v) is 2.47. The minimum absolute atomic E-state index is 0.0879. The Morgan fingerprint density at radius 2 is 1.67 bits per heavy atom. The summed E-state index contributed by atoms with van der Waals surface area (Å²) in [6.07, 6.45) is 2.21. The van der Waals surface area contributed by atoms with Crippen molar-refractivity contribution in [3.8, 4) is 11.5 Å². The zero-order chi connectivity index (χ0) is 19.6. The molecule has 2 N–H and O–H groups in total. The van der Waals surface area contributed by atoms with Crippen molar-refractivity contribution in [2.45, 2.75) is 39.7 Å². The maximum atomic E-state index is 12.3. The number of ether oxygens (including phenoxy) is 2. The Balaban J connectivity index is 1.84. The van der Waals surface area contributed by atoms with E-state index >= 15 is 0 Å². The first-order valence-electron chi connectivity index (χ1n) is 9.10. The Hall–Kier alpha value is -2.60. The van der Waals surface area contributed by atoms with Crippen LogP contribution in [0.3, 0.4) is 0 Å². The molecular weight excluding hydrogens is 360 g/mol. The lowest BCUT2D eigenvalue weighted by atomic mass is 10.2. The van der Waals surface area contributed by atoms with Crippen LogP contribution in [0.5, 0.6) is 11.5 Å².